The highest BCUT2D eigenvalue weighted by Crippen LogP contribution is 2.21. The van der Waals surface area contributed by atoms with Gasteiger partial charge in [-0.15, -0.1) is 12.6 Å². The van der Waals surface area contributed by atoms with Crippen molar-refractivity contribution < 1.29 is 13.3 Å². The maximum Gasteiger partial charge on any atom is 0.176 e. The van der Waals surface area contributed by atoms with Crippen LogP contribution in [0.4, 0.5) is 8.78 Å². The molecule has 0 saturated carbocycles. The van der Waals surface area contributed by atoms with Crippen LogP contribution in [0.15, 0.2) is 64.0 Å². The first-order valence-electron chi connectivity index (χ1n) is 7.83. The predicted octanol–water partition coefficient (Wildman–Crippen LogP) is 3.93. The van der Waals surface area contributed by atoms with Crippen LogP contribution in [0.5, 0.6) is 0 Å². The Balaban J connectivity index is 1.96. The summed E-state index contributed by atoms with van der Waals surface area (Å²) in [5.41, 5.74) is 1.61. The molecular weight excluding hydrogens is 372 g/mol. The Labute approximate surface area is 159 Å². The number of hydrogen-bond acceptors (Lipinski definition) is 7. The molecule has 27 heavy (non-hydrogen) atoms. The Hall–Kier alpha value is -3.07. The topological polar surface area (TPSA) is 67.4 Å². The molecule has 2 heterocycles. The van der Waals surface area contributed by atoms with Gasteiger partial charge in [-0.2, -0.15) is 5.10 Å². The summed E-state index contributed by atoms with van der Waals surface area (Å²) in [5, 5.41) is 9.63. The smallest absolute Gasteiger partial charge is 0.176 e. The van der Waals surface area contributed by atoms with Gasteiger partial charge in [-0.3, -0.25) is 5.01 Å². The number of hydrogen-bond donors (Lipinski definition) is 1. The van der Waals surface area contributed by atoms with Crippen molar-refractivity contribution in [2.24, 2.45) is 5.10 Å². The van der Waals surface area contributed by atoms with Crippen LogP contribution in [0.25, 0.3) is 5.70 Å². The van der Waals surface area contributed by atoms with Crippen molar-refractivity contribution in [3.05, 3.63) is 78.1 Å². The van der Waals surface area contributed by atoms with Gasteiger partial charge >= 0.3 is 0 Å². The van der Waals surface area contributed by atoms with Crippen molar-refractivity contribution in [2.45, 2.75) is 18.5 Å². The minimum atomic E-state index is -0.634. The Morgan fingerprint density at radius 2 is 2.04 bits per heavy atom. The summed E-state index contributed by atoms with van der Waals surface area (Å²) >= 11 is 3.95. The highest BCUT2D eigenvalue weighted by Gasteiger charge is 2.16. The van der Waals surface area contributed by atoms with E-state index in [4.69, 9.17) is 4.52 Å². The van der Waals surface area contributed by atoms with Crippen LogP contribution in [-0.4, -0.2) is 25.8 Å². The predicted molar refractivity (Wildman–Crippen MR) is 98.9 cm³/mol. The molecule has 0 aliphatic rings. The van der Waals surface area contributed by atoms with Crippen molar-refractivity contribution in [2.75, 3.05) is 0 Å². The summed E-state index contributed by atoms with van der Waals surface area (Å²) < 4.78 is 32.3. The zero-order chi connectivity index (χ0) is 19.4. The Bertz CT molecular complexity index is 991. The van der Waals surface area contributed by atoms with Gasteiger partial charge in [0.15, 0.2) is 11.6 Å². The lowest BCUT2D eigenvalue weighted by atomic mass is 10.2. The first-order valence-corrected chi connectivity index (χ1v) is 8.28. The molecule has 0 unspecified atom stereocenters. The molecule has 0 fully saturated rings. The number of benzene rings is 1. The second kappa shape index (κ2) is 8.09. The lowest BCUT2D eigenvalue weighted by Crippen LogP contribution is -2.19. The Morgan fingerprint density at radius 3 is 2.70 bits per heavy atom. The van der Waals surface area contributed by atoms with E-state index >= 15 is 0 Å². The fraction of sp³-hybridized carbons (Fsp3) is 0.111. The summed E-state index contributed by atoms with van der Waals surface area (Å²) in [6.45, 7) is 5.69. The lowest BCUT2D eigenvalue weighted by Gasteiger charge is -2.21. The first kappa shape index (κ1) is 18.7. The van der Waals surface area contributed by atoms with Gasteiger partial charge in [0.05, 0.1) is 18.4 Å². The number of thiol groups is 1. The maximum atomic E-state index is 14.1. The number of rotatable bonds is 6. The van der Waals surface area contributed by atoms with Gasteiger partial charge in [-0.1, -0.05) is 29.9 Å². The SMILES string of the molecule is C=C(c1ccon1)N(Cc1ccccc1F)/N=C(\C)c1ncc(F)c(S)n1. The second-order valence-electron chi connectivity index (χ2n) is 5.53. The zero-order valence-electron chi connectivity index (χ0n) is 14.3. The fourth-order valence-electron chi connectivity index (χ4n) is 2.23. The van der Waals surface area contributed by atoms with Crippen LogP contribution in [0.3, 0.4) is 0 Å². The summed E-state index contributed by atoms with van der Waals surface area (Å²) in [6.07, 6.45) is 2.41. The van der Waals surface area contributed by atoms with Crippen molar-refractivity contribution in [1.29, 1.82) is 0 Å². The van der Waals surface area contributed by atoms with Gasteiger partial charge < -0.3 is 4.52 Å². The maximum absolute atomic E-state index is 14.1. The average Bonchev–Trinajstić information content (AvgIpc) is 3.19. The number of halogens is 2. The Kier molecular flexibility index (Phi) is 5.60. The molecule has 3 rings (SSSR count). The van der Waals surface area contributed by atoms with E-state index in [0.717, 1.165) is 6.20 Å². The van der Waals surface area contributed by atoms with Crippen molar-refractivity contribution in [1.82, 2.24) is 20.1 Å². The summed E-state index contributed by atoms with van der Waals surface area (Å²) in [7, 11) is 0. The lowest BCUT2D eigenvalue weighted by molar-refractivity contribution is 0.388. The van der Waals surface area contributed by atoms with E-state index in [9.17, 15) is 8.78 Å². The molecule has 3 aromatic rings. The molecule has 0 amide bonds. The molecule has 2 aromatic heterocycles. The third-order valence-electron chi connectivity index (χ3n) is 3.64. The van der Waals surface area contributed by atoms with E-state index < -0.39 is 5.82 Å². The zero-order valence-corrected chi connectivity index (χ0v) is 15.2. The molecular formula is C18H15F2N5OS. The van der Waals surface area contributed by atoms with Gasteiger partial charge in [0.1, 0.15) is 28.5 Å². The molecule has 0 atom stereocenters. The van der Waals surface area contributed by atoms with E-state index in [1.165, 1.54) is 17.3 Å². The minimum Gasteiger partial charge on any atom is -0.364 e. The van der Waals surface area contributed by atoms with Gasteiger partial charge in [0.2, 0.25) is 0 Å². The largest absolute Gasteiger partial charge is 0.364 e. The van der Waals surface area contributed by atoms with Crippen molar-refractivity contribution in [3.8, 4) is 0 Å². The van der Waals surface area contributed by atoms with Crippen LogP contribution >= 0.6 is 12.6 Å². The van der Waals surface area contributed by atoms with E-state index in [1.54, 1.807) is 31.2 Å². The molecule has 0 bridgehead atoms. The third-order valence-corrected chi connectivity index (χ3v) is 3.96. The van der Waals surface area contributed by atoms with Crippen LogP contribution < -0.4 is 0 Å². The van der Waals surface area contributed by atoms with E-state index in [2.05, 4.69) is 39.4 Å². The molecule has 0 radical (unpaired) electrons. The highest BCUT2D eigenvalue weighted by molar-refractivity contribution is 7.80. The molecule has 0 aliphatic heterocycles. The van der Waals surface area contributed by atoms with Crippen LogP contribution in [0.1, 0.15) is 24.0 Å². The molecule has 0 spiro atoms. The standard InChI is InChI=1S/C18H15F2N5OS/c1-11(17-21-9-15(20)18(27)22-17)23-25(12(2)16-7-8-26-24-16)10-13-5-3-4-6-14(13)19/h3-9H,2,10H2,1H3,(H,21,22,27)/b23-11+. The van der Waals surface area contributed by atoms with Gasteiger partial charge in [-0.05, 0) is 13.0 Å². The molecule has 6 nitrogen and oxygen atoms in total. The van der Waals surface area contributed by atoms with E-state index in [1.807, 2.05) is 0 Å². The number of aromatic nitrogens is 3. The molecule has 0 saturated heterocycles. The van der Waals surface area contributed by atoms with Crippen molar-refractivity contribution >= 4 is 24.0 Å². The van der Waals surface area contributed by atoms with Crippen molar-refractivity contribution in [3.63, 3.8) is 0 Å². The molecule has 138 valence electrons. The average molecular weight is 387 g/mol. The summed E-state index contributed by atoms with van der Waals surface area (Å²) in [6, 6.07) is 7.94. The highest BCUT2D eigenvalue weighted by atomic mass is 32.1. The quantitative estimate of drug-likeness (QED) is 0.300. The molecule has 1 aromatic carbocycles. The first-order chi connectivity index (χ1) is 13.0. The van der Waals surface area contributed by atoms with Gasteiger partial charge in [-0.25, -0.2) is 18.7 Å². The second-order valence-corrected chi connectivity index (χ2v) is 5.95. The number of nitrogens with zero attached hydrogens (tertiary/aromatic N) is 5. The molecule has 0 aliphatic carbocycles. The molecule has 9 heteroatoms. The van der Waals surface area contributed by atoms with Crippen LogP contribution in [-0.2, 0) is 6.54 Å². The summed E-state index contributed by atoms with van der Waals surface area (Å²) in [4.78, 5) is 7.86. The Morgan fingerprint density at radius 1 is 1.26 bits per heavy atom. The van der Waals surface area contributed by atoms with Gasteiger partial charge in [0, 0.05) is 11.6 Å². The van der Waals surface area contributed by atoms with E-state index in [-0.39, 0.29) is 23.2 Å². The summed E-state index contributed by atoms with van der Waals surface area (Å²) in [5.74, 6) is -0.822. The normalized spacial score (nSPS) is 11.5. The molecule has 0 N–H and O–H groups in total. The third kappa shape index (κ3) is 4.37. The van der Waals surface area contributed by atoms with Crippen LogP contribution in [0, 0.1) is 11.6 Å². The minimum absolute atomic E-state index is 0.0879. The fourth-order valence-corrected chi connectivity index (χ4v) is 2.38. The number of hydrazone groups is 1. The van der Waals surface area contributed by atoms with Crippen LogP contribution in [0.2, 0.25) is 0 Å². The monoisotopic (exact) mass is 387 g/mol. The van der Waals surface area contributed by atoms with E-state index in [0.29, 0.717) is 22.7 Å². The van der Waals surface area contributed by atoms with Gasteiger partial charge in [0.25, 0.3) is 0 Å².